The molecule has 0 saturated heterocycles. The Hall–Kier alpha value is -1.11. The zero-order valence-electron chi connectivity index (χ0n) is 11.6. The van der Waals surface area contributed by atoms with Crippen molar-refractivity contribution in [3.8, 4) is 5.75 Å². The summed E-state index contributed by atoms with van der Waals surface area (Å²) < 4.78 is 32.3. The molecule has 20 heavy (non-hydrogen) atoms. The molecule has 2 N–H and O–H groups in total. The molecule has 2 unspecified atom stereocenters. The van der Waals surface area contributed by atoms with Gasteiger partial charge in [0.1, 0.15) is 12.4 Å². The average molecular weight is 299 g/mol. The molecule has 0 heterocycles. The summed E-state index contributed by atoms with van der Waals surface area (Å²) in [5.74, 6) is 1.04. The second kappa shape index (κ2) is 6.56. The number of hydrogen-bond acceptors (Lipinski definition) is 4. The Bertz CT molecular complexity index is 527. The summed E-state index contributed by atoms with van der Waals surface area (Å²) in [6, 6.07) is 6.32. The van der Waals surface area contributed by atoms with Gasteiger partial charge in [0.05, 0.1) is 11.5 Å². The predicted octanol–water partition coefficient (Wildman–Crippen LogP) is 1.52. The molecule has 0 spiro atoms. The smallest absolute Gasteiger partial charge is 0.240 e. The zero-order valence-corrected chi connectivity index (χ0v) is 12.4. The summed E-state index contributed by atoms with van der Waals surface area (Å²) in [5.41, 5.74) is 0. The van der Waals surface area contributed by atoms with Crippen LogP contribution in [0.2, 0.25) is 0 Å². The van der Waals surface area contributed by atoms with E-state index in [4.69, 9.17) is 9.84 Å². The van der Waals surface area contributed by atoms with Crippen LogP contribution in [0.25, 0.3) is 0 Å². The van der Waals surface area contributed by atoms with Gasteiger partial charge in [-0.25, -0.2) is 13.1 Å². The van der Waals surface area contributed by atoms with Crippen LogP contribution in [0.4, 0.5) is 0 Å². The van der Waals surface area contributed by atoms with Crippen LogP contribution in [0.5, 0.6) is 5.75 Å². The van der Waals surface area contributed by atoms with Crippen molar-refractivity contribution in [2.24, 2.45) is 5.92 Å². The van der Waals surface area contributed by atoms with Crippen LogP contribution in [0.3, 0.4) is 0 Å². The molecule has 2 rings (SSSR count). The van der Waals surface area contributed by atoms with Crippen molar-refractivity contribution in [1.82, 2.24) is 4.72 Å². The summed E-state index contributed by atoms with van der Waals surface area (Å²) in [4.78, 5) is 0.246. The summed E-state index contributed by atoms with van der Waals surface area (Å²) in [6.45, 7) is 2.24. The fraction of sp³-hybridized carbons (Fsp3) is 0.571. The number of sulfonamides is 1. The number of aliphatic hydroxyl groups is 1. The number of nitrogens with one attached hydrogen (secondary N) is 1. The highest BCUT2D eigenvalue weighted by Gasteiger charge is 2.39. The van der Waals surface area contributed by atoms with E-state index in [1.807, 2.05) is 0 Å². The molecule has 5 nitrogen and oxygen atoms in total. The van der Waals surface area contributed by atoms with Gasteiger partial charge in [0.2, 0.25) is 10.0 Å². The number of aliphatic hydroxyl groups excluding tert-OH is 1. The minimum Gasteiger partial charge on any atom is -0.491 e. The molecule has 2 atom stereocenters. The Morgan fingerprint density at radius 2 is 2.05 bits per heavy atom. The number of hydrogen-bond donors (Lipinski definition) is 2. The van der Waals surface area contributed by atoms with E-state index in [-0.39, 0.29) is 24.2 Å². The Morgan fingerprint density at radius 1 is 1.35 bits per heavy atom. The van der Waals surface area contributed by atoms with Gasteiger partial charge in [-0.15, -0.1) is 0 Å². The van der Waals surface area contributed by atoms with Crippen molar-refractivity contribution in [1.29, 1.82) is 0 Å². The van der Waals surface area contributed by atoms with E-state index < -0.39 is 10.0 Å². The minimum absolute atomic E-state index is 0.0674. The third kappa shape index (κ3) is 3.94. The molecule has 1 fully saturated rings. The van der Waals surface area contributed by atoms with Gasteiger partial charge in [0.15, 0.2) is 0 Å². The summed E-state index contributed by atoms with van der Waals surface area (Å²) >= 11 is 0. The van der Waals surface area contributed by atoms with Gasteiger partial charge < -0.3 is 9.84 Å². The Morgan fingerprint density at radius 3 is 2.65 bits per heavy atom. The molecule has 1 aromatic carbocycles. The molecule has 0 aliphatic heterocycles. The lowest BCUT2D eigenvalue weighted by Crippen LogP contribution is -2.27. The van der Waals surface area contributed by atoms with E-state index in [0.29, 0.717) is 11.7 Å². The van der Waals surface area contributed by atoms with Crippen LogP contribution in [0.15, 0.2) is 29.2 Å². The maximum Gasteiger partial charge on any atom is 0.240 e. The monoisotopic (exact) mass is 299 g/mol. The van der Waals surface area contributed by atoms with Gasteiger partial charge in [0.25, 0.3) is 0 Å². The minimum atomic E-state index is -3.44. The lowest BCUT2D eigenvalue weighted by molar-refractivity contribution is 0.201. The standard InChI is InChI=1S/C14H21NO4S/c1-2-3-11-10-14(11)15-20(17,18)13-6-4-12(5-7-13)19-9-8-16/h4-7,11,14-16H,2-3,8-10H2,1H3. The van der Waals surface area contributed by atoms with Gasteiger partial charge in [-0.05, 0) is 43.0 Å². The molecule has 0 amide bonds. The Kier molecular flexibility index (Phi) is 5.01. The average Bonchev–Trinajstić information content (AvgIpc) is 3.14. The summed E-state index contributed by atoms with van der Waals surface area (Å²) in [6.07, 6.45) is 3.09. The van der Waals surface area contributed by atoms with E-state index in [1.54, 1.807) is 12.1 Å². The van der Waals surface area contributed by atoms with Crippen molar-refractivity contribution in [2.75, 3.05) is 13.2 Å². The first-order valence-corrected chi connectivity index (χ1v) is 8.41. The second-order valence-electron chi connectivity index (χ2n) is 5.06. The topological polar surface area (TPSA) is 75.6 Å². The SMILES string of the molecule is CCCC1CC1NS(=O)(=O)c1ccc(OCCO)cc1. The molecule has 0 bridgehead atoms. The normalized spacial score (nSPS) is 21.7. The maximum absolute atomic E-state index is 12.2. The highest BCUT2D eigenvalue weighted by atomic mass is 32.2. The first kappa shape index (κ1) is 15.3. The molecule has 1 saturated carbocycles. The van der Waals surface area contributed by atoms with Gasteiger partial charge >= 0.3 is 0 Å². The Balaban J connectivity index is 1.96. The van der Waals surface area contributed by atoms with Crippen molar-refractivity contribution in [2.45, 2.75) is 37.1 Å². The van der Waals surface area contributed by atoms with Crippen molar-refractivity contribution >= 4 is 10.0 Å². The van der Waals surface area contributed by atoms with Crippen LogP contribution < -0.4 is 9.46 Å². The van der Waals surface area contributed by atoms with Crippen LogP contribution >= 0.6 is 0 Å². The van der Waals surface area contributed by atoms with Gasteiger partial charge in [-0.3, -0.25) is 0 Å². The highest BCUT2D eigenvalue weighted by molar-refractivity contribution is 7.89. The van der Waals surface area contributed by atoms with Crippen LogP contribution in [0.1, 0.15) is 26.2 Å². The molecule has 0 aromatic heterocycles. The molecule has 1 aromatic rings. The number of rotatable bonds is 8. The molecule has 0 radical (unpaired) electrons. The van der Waals surface area contributed by atoms with Crippen molar-refractivity contribution in [3.63, 3.8) is 0 Å². The first-order valence-electron chi connectivity index (χ1n) is 6.93. The quantitative estimate of drug-likeness (QED) is 0.763. The fourth-order valence-electron chi connectivity index (χ4n) is 2.23. The number of ether oxygens (including phenoxy) is 1. The van der Waals surface area contributed by atoms with Gasteiger partial charge in [-0.1, -0.05) is 13.3 Å². The van der Waals surface area contributed by atoms with Crippen LogP contribution in [0, 0.1) is 5.92 Å². The largest absolute Gasteiger partial charge is 0.491 e. The first-order chi connectivity index (χ1) is 9.56. The molecular weight excluding hydrogens is 278 g/mol. The third-order valence-corrected chi connectivity index (χ3v) is 4.89. The molecule has 6 heteroatoms. The van der Waals surface area contributed by atoms with E-state index >= 15 is 0 Å². The van der Waals surface area contributed by atoms with E-state index in [0.717, 1.165) is 19.3 Å². The fourth-order valence-corrected chi connectivity index (χ4v) is 3.55. The maximum atomic E-state index is 12.2. The van der Waals surface area contributed by atoms with Gasteiger partial charge in [0, 0.05) is 6.04 Å². The lowest BCUT2D eigenvalue weighted by atomic mass is 10.2. The molecular formula is C14H21NO4S. The molecule has 112 valence electrons. The lowest BCUT2D eigenvalue weighted by Gasteiger charge is -2.08. The van der Waals surface area contributed by atoms with Crippen LogP contribution in [-0.2, 0) is 10.0 Å². The summed E-state index contributed by atoms with van der Waals surface area (Å²) in [5, 5.41) is 8.66. The zero-order chi connectivity index (χ0) is 14.6. The van der Waals surface area contributed by atoms with Crippen molar-refractivity contribution in [3.05, 3.63) is 24.3 Å². The Labute approximate surface area is 120 Å². The second-order valence-corrected chi connectivity index (χ2v) is 6.77. The molecule has 1 aliphatic carbocycles. The van der Waals surface area contributed by atoms with Crippen molar-refractivity contribution < 1.29 is 18.3 Å². The number of benzene rings is 1. The van der Waals surface area contributed by atoms with Gasteiger partial charge in [-0.2, -0.15) is 0 Å². The molecule has 1 aliphatic rings. The van der Waals surface area contributed by atoms with E-state index in [9.17, 15) is 8.42 Å². The van der Waals surface area contributed by atoms with E-state index in [2.05, 4.69) is 11.6 Å². The third-order valence-electron chi connectivity index (χ3n) is 3.38. The summed E-state index contributed by atoms with van der Waals surface area (Å²) in [7, 11) is -3.44. The predicted molar refractivity (Wildman–Crippen MR) is 76.1 cm³/mol. The van der Waals surface area contributed by atoms with Crippen LogP contribution in [-0.4, -0.2) is 32.8 Å². The van der Waals surface area contributed by atoms with E-state index in [1.165, 1.54) is 12.1 Å². The highest BCUT2D eigenvalue weighted by Crippen LogP contribution is 2.35.